The van der Waals surface area contributed by atoms with Crippen LogP contribution in [-0.2, 0) is 9.53 Å². The second kappa shape index (κ2) is 8.03. The molecule has 0 saturated carbocycles. The van der Waals surface area contributed by atoms with E-state index in [4.69, 9.17) is 9.47 Å². The van der Waals surface area contributed by atoms with Crippen LogP contribution in [0.15, 0.2) is 24.3 Å². The number of hydrogen-bond acceptors (Lipinski definition) is 4. The molecule has 4 heteroatoms. The van der Waals surface area contributed by atoms with E-state index in [1.165, 1.54) is 5.56 Å². The first kappa shape index (κ1) is 17.5. The van der Waals surface area contributed by atoms with Gasteiger partial charge in [-0.25, -0.2) is 4.79 Å². The lowest BCUT2D eigenvalue weighted by Gasteiger charge is -2.26. The molecule has 118 valence electrons. The Hall–Kier alpha value is -1.55. The number of benzene rings is 1. The summed E-state index contributed by atoms with van der Waals surface area (Å²) < 4.78 is 10.8. The summed E-state index contributed by atoms with van der Waals surface area (Å²) in [4.78, 5) is 11.9. The number of ether oxygens (including phenoxy) is 2. The molecule has 0 fully saturated rings. The van der Waals surface area contributed by atoms with Crippen LogP contribution in [0.25, 0.3) is 0 Å². The summed E-state index contributed by atoms with van der Waals surface area (Å²) in [5.41, 5.74) is 0.456. The third-order valence-electron chi connectivity index (χ3n) is 3.87. The number of carbonyl (C=O) groups is 1. The quantitative estimate of drug-likeness (QED) is 0.748. The maximum absolute atomic E-state index is 11.9. The minimum Gasteiger partial charge on any atom is -0.491 e. The molecule has 1 rings (SSSR count). The van der Waals surface area contributed by atoms with Crippen LogP contribution in [0.2, 0.25) is 0 Å². The molecule has 1 aromatic rings. The molecule has 1 aromatic carbocycles. The summed E-state index contributed by atoms with van der Waals surface area (Å²) in [6.45, 7) is 8.53. The molecule has 0 aliphatic rings. The first-order chi connectivity index (χ1) is 9.96. The van der Waals surface area contributed by atoms with Crippen molar-refractivity contribution >= 4 is 5.97 Å². The van der Waals surface area contributed by atoms with E-state index in [1.54, 1.807) is 20.9 Å². The predicted octanol–water partition coefficient (Wildman–Crippen LogP) is 3.12. The molecule has 21 heavy (non-hydrogen) atoms. The summed E-state index contributed by atoms with van der Waals surface area (Å²) >= 11 is 0. The van der Waals surface area contributed by atoms with Gasteiger partial charge < -0.3 is 14.8 Å². The minimum atomic E-state index is -0.842. The Morgan fingerprint density at radius 2 is 1.90 bits per heavy atom. The Bertz CT molecular complexity index is 444. The van der Waals surface area contributed by atoms with Gasteiger partial charge in [-0.05, 0) is 50.9 Å². The smallest absolute Gasteiger partial charge is 0.329 e. The first-order valence-corrected chi connectivity index (χ1v) is 7.55. The third kappa shape index (κ3) is 4.74. The molecule has 2 atom stereocenters. The molecule has 0 saturated heterocycles. The van der Waals surface area contributed by atoms with E-state index < -0.39 is 5.54 Å². The highest BCUT2D eigenvalue weighted by Gasteiger charge is 2.34. The van der Waals surface area contributed by atoms with Crippen LogP contribution in [0, 0.1) is 0 Å². The van der Waals surface area contributed by atoms with Crippen LogP contribution in [0.4, 0.5) is 0 Å². The standard InChI is InChI=1S/C17H27NO3/c1-6-13(3)14-8-10-15(11-9-14)21-12-17(4,18-5)16(19)20-7-2/h8-11,13,18H,6-7,12H2,1-5H3. The van der Waals surface area contributed by atoms with Gasteiger partial charge in [-0.3, -0.25) is 0 Å². The van der Waals surface area contributed by atoms with Crippen molar-refractivity contribution < 1.29 is 14.3 Å². The highest BCUT2D eigenvalue weighted by molar-refractivity contribution is 5.80. The molecule has 4 nitrogen and oxygen atoms in total. The lowest BCUT2D eigenvalue weighted by molar-refractivity contribution is -0.151. The fourth-order valence-corrected chi connectivity index (χ4v) is 1.88. The zero-order valence-electron chi connectivity index (χ0n) is 13.7. The maximum Gasteiger partial charge on any atom is 0.329 e. The van der Waals surface area contributed by atoms with Gasteiger partial charge in [0.25, 0.3) is 0 Å². The zero-order valence-corrected chi connectivity index (χ0v) is 13.7. The second-order valence-electron chi connectivity index (χ2n) is 5.47. The van der Waals surface area contributed by atoms with Crippen LogP contribution in [0.3, 0.4) is 0 Å². The van der Waals surface area contributed by atoms with Gasteiger partial charge in [-0.1, -0.05) is 26.0 Å². The van der Waals surface area contributed by atoms with Gasteiger partial charge in [-0.2, -0.15) is 0 Å². The zero-order chi connectivity index (χ0) is 15.9. The highest BCUT2D eigenvalue weighted by atomic mass is 16.5. The van der Waals surface area contributed by atoms with Gasteiger partial charge in [-0.15, -0.1) is 0 Å². The number of hydrogen-bond donors (Lipinski definition) is 1. The van der Waals surface area contributed by atoms with Crippen molar-refractivity contribution in [2.75, 3.05) is 20.3 Å². The van der Waals surface area contributed by atoms with Crippen molar-refractivity contribution in [3.63, 3.8) is 0 Å². The van der Waals surface area contributed by atoms with Gasteiger partial charge in [0.15, 0.2) is 0 Å². The van der Waals surface area contributed by atoms with E-state index in [2.05, 4.69) is 31.3 Å². The van der Waals surface area contributed by atoms with Crippen LogP contribution in [0.5, 0.6) is 5.75 Å². The number of rotatable bonds is 8. The lowest BCUT2D eigenvalue weighted by Crippen LogP contribution is -2.53. The third-order valence-corrected chi connectivity index (χ3v) is 3.87. The molecule has 0 bridgehead atoms. The molecular formula is C17H27NO3. The summed E-state index contributed by atoms with van der Waals surface area (Å²) in [5.74, 6) is 0.998. The van der Waals surface area contributed by atoms with Crippen molar-refractivity contribution in [1.29, 1.82) is 0 Å². The van der Waals surface area contributed by atoms with Crippen LogP contribution in [-0.4, -0.2) is 31.8 Å². The lowest BCUT2D eigenvalue weighted by atomic mass is 9.99. The van der Waals surface area contributed by atoms with Gasteiger partial charge in [0.1, 0.15) is 17.9 Å². The Morgan fingerprint density at radius 1 is 1.29 bits per heavy atom. The Morgan fingerprint density at radius 3 is 2.38 bits per heavy atom. The van der Waals surface area contributed by atoms with Crippen LogP contribution < -0.4 is 10.1 Å². The average Bonchev–Trinajstić information content (AvgIpc) is 2.52. The maximum atomic E-state index is 11.9. The van der Waals surface area contributed by atoms with E-state index in [9.17, 15) is 4.79 Å². The molecule has 0 spiro atoms. The molecule has 0 heterocycles. The molecule has 0 aliphatic carbocycles. The fourth-order valence-electron chi connectivity index (χ4n) is 1.88. The van der Waals surface area contributed by atoms with Gasteiger partial charge in [0, 0.05) is 0 Å². The van der Waals surface area contributed by atoms with Crippen molar-refractivity contribution in [2.45, 2.75) is 45.6 Å². The van der Waals surface area contributed by atoms with Crippen LogP contribution in [0.1, 0.15) is 45.6 Å². The fraction of sp³-hybridized carbons (Fsp3) is 0.588. The summed E-state index contributed by atoms with van der Waals surface area (Å²) in [7, 11) is 1.73. The molecular weight excluding hydrogens is 266 g/mol. The van der Waals surface area contributed by atoms with Crippen molar-refractivity contribution in [2.24, 2.45) is 0 Å². The van der Waals surface area contributed by atoms with Crippen molar-refractivity contribution in [3.05, 3.63) is 29.8 Å². The molecule has 0 aromatic heterocycles. The Kier molecular flexibility index (Phi) is 6.69. The molecule has 0 amide bonds. The summed E-state index contributed by atoms with van der Waals surface area (Å²) in [5, 5.41) is 2.97. The minimum absolute atomic E-state index is 0.227. The van der Waals surface area contributed by atoms with Gasteiger partial charge in [0.2, 0.25) is 0 Å². The number of carbonyl (C=O) groups excluding carboxylic acids is 1. The topological polar surface area (TPSA) is 47.6 Å². The van der Waals surface area contributed by atoms with Gasteiger partial charge >= 0.3 is 5.97 Å². The predicted molar refractivity (Wildman–Crippen MR) is 84.7 cm³/mol. The average molecular weight is 293 g/mol. The molecule has 0 radical (unpaired) electrons. The Balaban J connectivity index is 2.66. The number of nitrogens with one attached hydrogen (secondary N) is 1. The number of esters is 1. The van der Waals surface area contributed by atoms with E-state index in [1.807, 2.05) is 12.1 Å². The van der Waals surface area contributed by atoms with Gasteiger partial charge in [0.05, 0.1) is 6.61 Å². The van der Waals surface area contributed by atoms with Crippen molar-refractivity contribution in [1.82, 2.24) is 5.32 Å². The van der Waals surface area contributed by atoms with E-state index in [0.29, 0.717) is 12.5 Å². The largest absolute Gasteiger partial charge is 0.491 e. The molecule has 0 aliphatic heterocycles. The molecule has 2 unspecified atom stereocenters. The normalized spacial score (nSPS) is 15.1. The summed E-state index contributed by atoms with van der Waals surface area (Å²) in [6, 6.07) is 8.04. The van der Waals surface area contributed by atoms with E-state index in [-0.39, 0.29) is 12.6 Å². The van der Waals surface area contributed by atoms with E-state index >= 15 is 0 Å². The van der Waals surface area contributed by atoms with E-state index in [0.717, 1.165) is 12.2 Å². The Labute approximate surface area is 127 Å². The highest BCUT2D eigenvalue weighted by Crippen LogP contribution is 2.22. The molecule has 1 N–H and O–H groups in total. The van der Waals surface area contributed by atoms with Crippen molar-refractivity contribution in [3.8, 4) is 5.75 Å². The number of likely N-dealkylation sites (N-methyl/N-ethyl adjacent to an activating group) is 1. The SMILES string of the molecule is CCOC(=O)C(C)(COc1ccc(C(C)CC)cc1)NC. The monoisotopic (exact) mass is 293 g/mol. The van der Waals surface area contributed by atoms with Crippen LogP contribution >= 0.6 is 0 Å². The first-order valence-electron chi connectivity index (χ1n) is 7.55. The summed E-state index contributed by atoms with van der Waals surface area (Å²) in [6.07, 6.45) is 1.11. The second-order valence-corrected chi connectivity index (χ2v) is 5.47.